The molecular formula is C7H9ClN2O. The van der Waals surface area contributed by atoms with Crippen molar-refractivity contribution in [3.63, 3.8) is 0 Å². The summed E-state index contributed by atoms with van der Waals surface area (Å²) in [6, 6.07) is 3.36. The number of hydrogen-bond acceptors (Lipinski definition) is 3. The monoisotopic (exact) mass is 172 g/mol. The zero-order valence-corrected chi connectivity index (χ0v) is 6.71. The van der Waals surface area contributed by atoms with Crippen LogP contribution in [0.2, 0.25) is 0 Å². The molecule has 1 aromatic rings. The summed E-state index contributed by atoms with van der Waals surface area (Å²) in [6.07, 6.45) is 1.60. The maximum absolute atomic E-state index is 5.48. The lowest BCUT2D eigenvalue weighted by molar-refractivity contribution is 0.329. The summed E-state index contributed by atoms with van der Waals surface area (Å²) in [5.74, 6) is 0.974. The fourth-order valence-electron chi connectivity index (χ4n) is 0.647. The van der Waals surface area contributed by atoms with Crippen molar-refractivity contribution in [2.24, 2.45) is 0 Å². The van der Waals surface area contributed by atoms with Crippen LogP contribution in [0.4, 0.5) is 5.69 Å². The van der Waals surface area contributed by atoms with E-state index in [2.05, 4.69) is 4.98 Å². The van der Waals surface area contributed by atoms with Gasteiger partial charge in [0.15, 0.2) is 0 Å². The van der Waals surface area contributed by atoms with Crippen LogP contribution >= 0.6 is 11.6 Å². The third-order valence-corrected chi connectivity index (χ3v) is 1.24. The molecule has 4 heteroatoms. The molecule has 0 saturated carbocycles. The lowest BCUT2D eigenvalue weighted by Crippen LogP contribution is -2.00. The first-order valence-electron chi connectivity index (χ1n) is 3.23. The van der Waals surface area contributed by atoms with Gasteiger partial charge in [0.2, 0.25) is 5.88 Å². The molecule has 11 heavy (non-hydrogen) atoms. The Morgan fingerprint density at radius 3 is 3.09 bits per heavy atom. The highest BCUT2D eigenvalue weighted by Gasteiger charge is 1.93. The van der Waals surface area contributed by atoms with Crippen LogP contribution in [0.25, 0.3) is 0 Å². The standard InChI is InChI=1S/C7H9ClN2O/c8-2-4-11-7-5-6(9)1-3-10-7/h1,3,5H,2,4H2,(H2,9,10). The molecule has 1 aromatic heterocycles. The summed E-state index contributed by atoms with van der Waals surface area (Å²) in [5.41, 5.74) is 6.12. The Hall–Kier alpha value is -0.960. The van der Waals surface area contributed by atoms with E-state index in [0.717, 1.165) is 0 Å². The summed E-state index contributed by atoms with van der Waals surface area (Å²) in [6.45, 7) is 0.456. The molecular weight excluding hydrogens is 164 g/mol. The van der Waals surface area contributed by atoms with Gasteiger partial charge in [-0.15, -0.1) is 11.6 Å². The lowest BCUT2D eigenvalue weighted by atomic mass is 10.4. The fraction of sp³-hybridized carbons (Fsp3) is 0.286. The van der Waals surface area contributed by atoms with Crippen molar-refractivity contribution in [3.05, 3.63) is 18.3 Å². The predicted molar refractivity (Wildman–Crippen MR) is 44.9 cm³/mol. The highest BCUT2D eigenvalue weighted by Crippen LogP contribution is 2.09. The van der Waals surface area contributed by atoms with Crippen LogP contribution in [0, 0.1) is 0 Å². The molecule has 1 rings (SSSR count). The number of halogens is 1. The average Bonchev–Trinajstić information content (AvgIpc) is 2.01. The maximum Gasteiger partial charge on any atom is 0.215 e. The number of aromatic nitrogens is 1. The quantitative estimate of drug-likeness (QED) is 0.699. The van der Waals surface area contributed by atoms with Crippen molar-refractivity contribution in [2.45, 2.75) is 0 Å². The molecule has 2 N–H and O–H groups in total. The van der Waals surface area contributed by atoms with Crippen LogP contribution in [0.1, 0.15) is 0 Å². The second kappa shape index (κ2) is 4.03. The lowest BCUT2D eigenvalue weighted by Gasteiger charge is -2.01. The Balaban J connectivity index is 2.56. The Kier molecular flexibility index (Phi) is 2.98. The van der Waals surface area contributed by atoms with Crippen molar-refractivity contribution in [3.8, 4) is 5.88 Å². The Bertz CT molecular complexity index is 229. The van der Waals surface area contributed by atoms with Gasteiger partial charge in [0.25, 0.3) is 0 Å². The van der Waals surface area contributed by atoms with Gasteiger partial charge in [-0.1, -0.05) is 0 Å². The van der Waals surface area contributed by atoms with E-state index in [1.54, 1.807) is 18.3 Å². The van der Waals surface area contributed by atoms with Gasteiger partial charge in [0, 0.05) is 18.0 Å². The van der Waals surface area contributed by atoms with Gasteiger partial charge >= 0.3 is 0 Å². The molecule has 3 nitrogen and oxygen atoms in total. The van der Waals surface area contributed by atoms with Gasteiger partial charge in [-0.2, -0.15) is 0 Å². The topological polar surface area (TPSA) is 48.1 Å². The van der Waals surface area contributed by atoms with E-state index in [4.69, 9.17) is 22.1 Å². The van der Waals surface area contributed by atoms with Crippen molar-refractivity contribution in [1.82, 2.24) is 4.98 Å². The van der Waals surface area contributed by atoms with Gasteiger partial charge in [-0.25, -0.2) is 4.98 Å². The van der Waals surface area contributed by atoms with Crippen molar-refractivity contribution < 1.29 is 4.74 Å². The van der Waals surface area contributed by atoms with Gasteiger partial charge in [0.05, 0.1) is 5.88 Å². The number of nitrogen functional groups attached to an aromatic ring is 1. The number of nitrogens with zero attached hydrogens (tertiary/aromatic N) is 1. The van der Waals surface area contributed by atoms with Gasteiger partial charge in [-0.05, 0) is 6.07 Å². The minimum atomic E-state index is 0.455. The van der Waals surface area contributed by atoms with E-state index in [1.807, 2.05) is 0 Å². The molecule has 0 aliphatic heterocycles. The van der Waals surface area contributed by atoms with E-state index in [0.29, 0.717) is 24.1 Å². The fourth-order valence-corrected chi connectivity index (χ4v) is 0.724. The van der Waals surface area contributed by atoms with Crippen molar-refractivity contribution >= 4 is 17.3 Å². The molecule has 0 radical (unpaired) electrons. The molecule has 60 valence electrons. The largest absolute Gasteiger partial charge is 0.476 e. The molecule has 0 saturated heterocycles. The molecule has 0 atom stereocenters. The second-order valence-electron chi connectivity index (χ2n) is 1.96. The number of alkyl halides is 1. The Morgan fingerprint density at radius 2 is 2.45 bits per heavy atom. The number of anilines is 1. The maximum atomic E-state index is 5.48. The number of nitrogens with two attached hydrogens (primary N) is 1. The van der Waals surface area contributed by atoms with Gasteiger partial charge in [-0.3, -0.25) is 0 Å². The molecule has 0 bridgehead atoms. The van der Waals surface area contributed by atoms with Crippen LogP contribution in [0.5, 0.6) is 5.88 Å². The third-order valence-electron chi connectivity index (χ3n) is 1.09. The highest BCUT2D eigenvalue weighted by molar-refractivity contribution is 6.17. The van der Waals surface area contributed by atoms with Gasteiger partial charge in [0.1, 0.15) is 6.61 Å². The first kappa shape index (κ1) is 8.14. The molecule has 0 aromatic carbocycles. The van der Waals surface area contributed by atoms with Crippen LogP contribution in [-0.4, -0.2) is 17.5 Å². The van der Waals surface area contributed by atoms with E-state index < -0.39 is 0 Å². The van der Waals surface area contributed by atoms with Crippen molar-refractivity contribution in [2.75, 3.05) is 18.2 Å². The summed E-state index contributed by atoms with van der Waals surface area (Å²) in [5, 5.41) is 0. The molecule has 0 amide bonds. The number of hydrogen-bond donors (Lipinski definition) is 1. The van der Waals surface area contributed by atoms with E-state index in [9.17, 15) is 0 Å². The third kappa shape index (κ3) is 2.63. The molecule has 0 aliphatic carbocycles. The summed E-state index contributed by atoms with van der Waals surface area (Å²) in [4.78, 5) is 3.92. The minimum absolute atomic E-state index is 0.455. The summed E-state index contributed by atoms with van der Waals surface area (Å²) < 4.78 is 5.11. The van der Waals surface area contributed by atoms with Crippen molar-refractivity contribution in [1.29, 1.82) is 0 Å². The summed E-state index contributed by atoms with van der Waals surface area (Å²) >= 11 is 5.41. The smallest absolute Gasteiger partial charge is 0.215 e. The first-order valence-corrected chi connectivity index (χ1v) is 3.76. The Labute approximate surface area is 70.1 Å². The molecule has 0 aliphatic rings. The number of ether oxygens (including phenoxy) is 1. The normalized spacial score (nSPS) is 9.55. The van der Waals surface area contributed by atoms with E-state index in [1.165, 1.54) is 0 Å². The second-order valence-corrected chi connectivity index (χ2v) is 2.34. The zero-order valence-electron chi connectivity index (χ0n) is 5.96. The average molecular weight is 173 g/mol. The van der Waals surface area contributed by atoms with Crippen LogP contribution in [0.3, 0.4) is 0 Å². The highest BCUT2D eigenvalue weighted by atomic mass is 35.5. The first-order chi connectivity index (χ1) is 5.33. The predicted octanol–water partition coefficient (Wildman–Crippen LogP) is 1.28. The van der Waals surface area contributed by atoms with Crippen LogP contribution in [-0.2, 0) is 0 Å². The molecule has 0 spiro atoms. The summed E-state index contributed by atoms with van der Waals surface area (Å²) in [7, 11) is 0. The van der Waals surface area contributed by atoms with E-state index >= 15 is 0 Å². The van der Waals surface area contributed by atoms with Crippen LogP contribution < -0.4 is 10.5 Å². The molecule has 0 fully saturated rings. The molecule has 0 unspecified atom stereocenters. The Morgan fingerprint density at radius 1 is 1.64 bits per heavy atom. The zero-order chi connectivity index (χ0) is 8.10. The van der Waals surface area contributed by atoms with Crippen LogP contribution in [0.15, 0.2) is 18.3 Å². The van der Waals surface area contributed by atoms with Gasteiger partial charge < -0.3 is 10.5 Å². The van der Waals surface area contributed by atoms with E-state index in [-0.39, 0.29) is 0 Å². The molecule has 1 heterocycles. The minimum Gasteiger partial charge on any atom is -0.476 e. The SMILES string of the molecule is Nc1ccnc(OCCCl)c1. The number of rotatable bonds is 3. The number of pyridine rings is 1.